The highest BCUT2D eigenvalue weighted by Crippen LogP contribution is 2.09. The first-order valence-electron chi connectivity index (χ1n) is 7.57. The maximum absolute atomic E-state index is 12.2. The van der Waals surface area contributed by atoms with E-state index in [9.17, 15) is 18.0 Å². The average Bonchev–Trinajstić information content (AvgIpc) is 2.47. The number of hydrogen-bond acceptors (Lipinski definition) is 5. The summed E-state index contributed by atoms with van der Waals surface area (Å²) in [7, 11) is -3.42. The summed E-state index contributed by atoms with van der Waals surface area (Å²) in [6, 6.07) is 0. The maximum Gasteiger partial charge on any atom is 0.409 e. The van der Waals surface area contributed by atoms with Crippen LogP contribution >= 0.6 is 0 Å². The molecule has 1 fully saturated rings. The molecule has 0 atom stereocenters. The van der Waals surface area contributed by atoms with Crippen molar-refractivity contribution in [3.63, 3.8) is 0 Å². The third-order valence-corrected chi connectivity index (χ3v) is 5.19. The van der Waals surface area contributed by atoms with Crippen LogP contribution in [0, 0.1) is 0 Å². The van der Waals surface area contributed by atoms with E-state index in [1.165, 1.54) is 9.21 Å². The molecule has 1 N–H and O–H groups in total. The predicted molar refractivity (Wildman–Crippen MR) is 81.9 cm³/mol. The van der Waals surface area contributed by atoms with Crippen LogP contribution in [-0.4, -0.2) is 74.7 Å². The normalized spacial score (nSPS) is 16.4. The quantitative estimate of drug-likeness (QED) is 0.707. The molecule has 1 aliphatic heterocycles. The second-order valence-electron chi connectivity index (χ2n) is 5.00. The van der Waals surface area contributed by atoms with Gasteiger partial charge in [0, 0.05) is 39.1 Å². The lowest BCUT2D eigenvalue weighted by Crippen LogP contribution is -2.51. The number of sulfonamides is 1. The van der Waals surface area contributed by atoms with Gasteiger partial charge < -0.3 is 15.0 Å². The van der Waals surface area contributed by atoms with E-state index in [0.717, 1.165) is 6.42 Å². The number of amides is 2. The fourth-order valence-electron chi connectivity index (χ4n) is 2.13. The summed E-state index contributed by atoms with van der Waals surface area (Å²) in [5, 5.41) is 2.59. The minimum absolute atomic E-state index is 0.110. The molecule has 128 valence electrons. The Labute approximate surface area is 131 Å². The smallest absolute Gasteiger partial charge is 0.409 e. The highest BCUT2D eigenvalue weighted by atomic mass is 32.2. The van der Waals surface area contributed by atoms with Crippen LogP contribution in [0.4, 0.5) is 4.79 Å². The Hall–Kier alpha value is -1.35. The van der Waals surface area contributed by atoms with Gasteiger partial charge in [0.2, 0.25) is 15.9 Å². The minimum Gasteiger partial charge on any atom is -0.450 e. The summed E-state index contributed by atoms with van der Waals surface area (Å²) in [6.07, 6.45) is 0.721. The van der Waals surface area contributed by atoms with E-state index < -0.39 is 16.1 Å². The van der Waals surface area contributed by atoms with Crippen molar-refractivity contribution in [2.75, 3.05) is 45.1 Å². The Morgan fingerprint density at radius 3 is 2.32 bits per heavy atom. The molecule has 0 aromatic carbocycles. The van der Waals surface area contributed by atoms with Crippen LogP contribution in [0.15, 0.2) is 0 Å². The van der Waals surface area contributed by atoms with Gasteiger partial charge in [-0.05, 0) is 13.3 Å². The van der Waals surface area contributed by atoms with Crippen LogP contribution in [0.1, 0.15) is 26.7 Å². The molecule has 0 unspecified atom stereocenters. The summed E-state index contributed by atoms with van der Waals surface area (Å²) >= 11 is 0. The zero-order valence-corrected chi connectivity index (χ0v) is 14.0. The third kappa shape index (κ3) is 5.80. The highest BCUT2D eigenvalue weighted by Gasteiger charge is 2.29. The van der Waals surface area contributed by atoms with Crippen molar-refractivity contribution in [2.45, 2.75) is 26.7 Å². The zero-order chi connectivity index (χ0) is 16.6. The van der Waals surface area contributed by atoms with Crippen LogP contribution in [-0.2, 0) is 19.6 Å². The number of nitrogens with one attached hydrogen (secondary N) is 1. The van der Waals surface area contributed by atoms with Gasteiger partial charge in [0.15, 0.2) is 0 Å². The number of nitrogens with zero attached hydrogens (tertiary/aromatic N) is 2. The van der Waals surface area contributed by atoms with Crippen molar-refractivity contribution in [1.82, 2.24) is 14.5 Å². The van der Waals surface area contributed by atoms with Crippen LogP contribution in [0.3, 0.4) is 0 Å². The van der Waals surface area contributed by atoms with E-state index >= 15 is 0 Å². The maximum atomic E-state index is 12.2. The van der Waals surface area contributed by atoms with E-state index in [1.807, 2.05) is 6.92 Å². The average molecular weight is 335 g/mol. The predicted octanol–water partition coefficient (Wildman–Crippen LogP) is 0.00660. The summed E-state index contributed by atoms with van der Waals surface area (Å²) in [5.41, 5.74) is 0. The number of ether oxygens (including phenoxy) is 1. The van der Waals surface area contributed by atoms with E-state index in [1.54, 1.807) is 6.92 Å². The lowest BCUT2D eigenvalue weighted by Gasteiger charge is -2.33. The van der Waals surface area contributed by atoms with Gasteiger partial charge in [-0.15, -0.1) is 0 Å². The number of piperazine rings is 1. The molecule has 0 aliphatic carbocycles. The number of rotatable bonds is 7. The molecule has 2 amide bonds. The molecule has 1 saturated heterocycles. The second-order valence-corrected chi connectivity index (χ2v) is 7.09. The number of carbonyl (C=O) groups excluding carboxylic acids is 2. The summed E-state index contributed by atoms with van der Waals surface area (Å²) in [6.45, 7) is 5.17. The molecular weight excluding hydrogens is 310 g/mol. The lowest BCUT2D eigenvalue weighted by molar-refractivity contribution is -0.120. The number of carbonyl (C=O) groups is 2. The van der Waals surface area contributed by atoms with Gasteiger partial charge in [0.25, 0.3) is 0 Å². The van der Waals surface area contributed by atoms with E-state index in [-0.39, 0.29) is 31.3 Å². The van der Waals surface area contributed by atoms with Gasteiger partial charge in [-0.2, -0.15) is 4.31 Å². The Kier molecular flexibility index (Phi) is 7.60. The Bertz CT molecular complexity index is 472. The molecule has 1 heterocycles. The second kappa shape index (κ2) is 8.94. The van der Waals surface area contributed by atoms with Crippen molar-refractivity contribution < 1.29 is 22.7 Å². The molecule has 9 heteroatoms. The van der Waals surface area contributed by atoms with E-state index in [4.69, 9.17) is 4.74 Å². The Morgan fingerprint density at radius 1 is 1.14 bits per heavy atom. The van der Waals surface area contributed by atoms with Gasteiger partial charge in [0.05, 0.1) is 12.4 Å². The third-order valence-electron chi connectivity index (χ3n) is 3.32. The van der Waals surface area contributed by atoms with Crippen LogP contribution < -0.4 is 5.32 Å². The summed E-state index contributed by atoms with van der Waals surface area (Å²) in [4.78, 5) is 24.4. The SMILES string of the molecule is CCCC(=O)NCCS(=O)(=O)N1CCN(C(=O)OCC)CC1. The summed E-state index contributed by atoms with van der Waals surface area (Å²) < 4.78 is 30.6. The summed E-state index contributed by atoms with van der Waals surface area (Å²) in [5.74, 6) is -0.258. The van der Waals surface area contributed by atoms with E-state index in [0.29, 0.717) is 26.1 Å². The van der Waals surface area contributed by atoms with Crippen molar-refractivity contribution in [2.24, 2.45) is 0 Å². The van der Waals surface area contributed by atoms with Crippen molar-refractivity contribution >= 4 is 22.0 Å². The van der Waals surface area contributed by atoms with E-state index in [2.05, 4.69) is 5.32 Å². The van der Waals surface area contributed by atoms with Crippen LogP contribution in [0.5, 0.6) is 0 Å². The Morgan fingerprint density at radius 2 is 1.77 bits per heavy atom. The first kappa shape index (κ1) is 18.7. The van der Waals surface area contributed by atoms with Crippen molar-refractivity contribution in [1.29, 1.82) is 0 Å². The fraction of sp³-hybridized carbons (Fsp3) is 0.846. The molecule has 0 aromatic heterocycles. The van der Waals surface area contributed by atoms with Gasteiger partial charge >= 0.3 is 6.09 Å². The Balaban J connectivity index is 2.38. The standard InChI is InChI=1S/C13H25N3O5S/c1-3-5-12(17)14-6-11-22(19,20)16-9-7-15(8-10-16)13(18)21-4-2/h3-11H2,1-2H3,(H,14,17). The molecule has 8 nitrogen and oxygen atoms in total. The monoisotopic (exact) mass is 335 g/mol. The van der Waals surface area contributed by atoms with Gasteiger partial charge in [-0.3, -0.25) is 4.79 Å². The molecule has 0 aromatic rings. The first-order valence-corrected chi connectivity index (χ1v) is 9.17. The van der Waals surface area contributed by atoms with Gasteiger partial charge in [0.1, 0.15) is 0 Å². The lowest BCUT2D eigenvalue weighted by atomic mass is 10.3. The molecule has 22 heavy (non-hydrogen) atoms. The van der Waals surface area contributed by atoms with Gasteiger partial charge in [-0.1, -0.05) is 6.92 Å². The number of hydrogen-bond donors (Lipinski definition) is 1. The molecule has 1 aliphatic rings. The molecular formula is C13H25N3O5S. The molecule has 0 spiro atoms. The molecule has 0 radical (unpaired) electrons. The largest absolute Gasteiger partial charge is 0.450 e. The topological polar surface area (TPSA) is 96.0 Å². The van der Waals surface area contributed by atoms with Crippen LogP contribution in [0.25, 0.3) is 0 Å². The van der Waals surface area contributed by atoms with Crippen LogP contribution in [0.2, 0.25) is 0 Å². The molecule has 0 saturated carbocycles. The molecule has 1 rings (SSSR count). The van der Waals surface area contributed by atoms with Crippen molar-refractivity contribution in [3.8, 4) is 0 Å². The molecule has 0 bridgehead atoms. The fourth-order valence-corrected chi connectivity index (χ4v) is 3.47. The first-order chi connectivity index (χ1) is 10.4. The minimum atomic E-state index is -3.42. The highest BCUT2D eigenvalue weighted by molar-refractivity contribution is 7.89. The van der Waals surface area contributed by atoms with Crippen molar-refractivity contribution in [3.05, 3.63) is 0 Å². The zero-order valence-electron chi connectivity index (χ0n) is 13.2. The van der Waals surface area contributed by atoms with Gasteiger partial charge in [-0.25, -0.2) is 13.2 Å².